The first-order chi connectivity index (χ1) is 15.5. The van der Waals surface area contributed by atoms with Crippen molar-refractivity contribution in [2.75, 3.05) is 13.1 Å². The molecule has 1 aliphatic carbocycles. The zero-order valence-corrected chi connectivity index (χ0v) is 21.1. The summed E-state index contributed by atoms with van der Waals surface area (Å²) >= 11 is 1.73. The molecule has 2 fully saturated rings. The number of hydrogen-bond acceptors (Lipinski definition) is 6. The van der Waals surface area contributed by atoms with E-state index in [0.29, 0.717) is 18.4 Å². The number of thiazole rings is 1. The molecular formula is C24H36N4O4S. The fourth-order valence-corrected chi connectivity index (χ4v) is 5.79. The number of likely N-dealkylation sites (tertiary alicyclic amines) is 1. The number of nitrogens with one attached hydrogen (secondary N) is 1. The summed E-state index contributed by atoms with van der Waals surface area (Å²) in [5, 5.41) is 13.2. The lowest BCUT2D eigenvalue weighted by molar-refractivity contribution is -0.134. The summed E-state index contributed by atoms with van der Waals surface area (Å²) in [5.41, 5.74) is 2.49. The standard InChI is InChI=1S/C24H36N4O4S/c1-14-20(33-13-26-14)17-8-6-16(7-9-17)11-25-22(31)19-10-18(30)12-28(19)23(32)21(24(3,4)5)27-15(2)29/h13,16-19,30H,6-12H2,1-5H3,(H,25,31)/t16?,17?,18-,19+/m1/s1. The van der Waals surface area contributed by atoms with Gasteiger partial charge in [0, 0.05) is 36.7 Å². The van der Waals surface area contributed by atoms with Gasteiger partial charge in [0.05, 0.1) is 17.3 Å². The van der Waals surface area contributed by atoms with Gasteiger partial charge in [-0.1, -0.05) is 20.8 Å². The van der Waals surface area contributed by atoms with Crippen molar-refractivity contribution in [3.8, 4) is 0 Å². The average molecular weight is 477 g/mol. The van der Waals surface area contributed by atoms with E-state index in [0.717, 1.165) is 31.4 Å². The van der Waals surface area contributed by atoms with Gasteiger partial charge >= 0.3 is 0 Å². The molecule has 1 aromatic heterocycles. The number of carbonyl (C=O) groups is 3. The Bertz CT molecular complexity index is 912. The molecule has 1 aromatic rings. The van der Waals surface area contributed by atoms with E-state index in [1.54, 1.807) is 32.1 Å². The highest BCUT2D eigenvalue weighted by molar-refractivity contribution is 7.09. The predicted molar refractivity (Wildman–Crippen MR) is 128 cm³/mol. The SMILES string of the molecule is CC(=O)N=C(C(=O)N1C[C@H](O)C[C@H]1C(=O)NCC1CCC(c2scnc2C)CC1)C(C)(C)C. The van der Waals surface area contributed by atoms with Crippen molar-refractivity contribution >= 4 is 34.8 Å². The highest BCUT2D eigenvalue weighted by Gasteiger charge is 2.42. The van der Waals surface area contributed by atoms with E-state index in [1.807, 2.05) is 5.51 Å². The summed E-state index contributed by atoms with van der Waals surface area (Å²) in [6, 6.07) is -0.761. The van der Waals surface area contributed by atoms with E-state index >= 15 is 0 Å². The number of amides is 3. The predicted octanol–water partition coefficient (Wildman–Crippen LogP) is 2.84. The third-order valence-corrected chi connectivity index (χ3v) is 7.68. The van der Waals surface area contributed by atoms with Gasteiger partial charge in [0.25, 0.3) is 5.91 Å². The molecule has 3 rings (SSSR count). The number of aromatic nitrogens is 1. The highest BCUT2D eigenvalue weighted by Crippen LogP contribution is 2.38. The van der Waals surface area contributed by atoms with Gasteiger partial charge < -0.3 is 15.3 Å². The van der Waals surface area contributed by atoms with Crippen LogP contribution in [0.3, 0.4) is 0 Å². The summed E-state index contributed by atoms with van der Waals surface area (Å²) in [6.45, 7) is 9.40. The quantitative estimate of drug-likeness (QED) is 0.635. The van der Waals surface area contributed by atoms with Gasteiger partial charge in [0.1, 0.15) is 11.8 Å². The fourth-order valence-electron chi connectivity index (χ4n) is 4.81. The average Bonchev–Trinajstić information content (AvgIpc) is 3.35. The van der Waals surface area contributed by atoms with Crippen molar-refractivity contribution in [3.05, 3.63) is 16.1 Å². The second kappa shape index (κ2) is 10.4. The fraction of sp³-hybridized carbons (Fsp3) is 0.708. The van der Waals surface area contributed by atoms with Crippen LogP contribution in [0.1, 0.15) is 76.3 Å². The number of nitrogens with zero attached hydrogens (tertiary/aromatic N) is 3. The molecule has 2 aliphatic rings. The molecule has 2 atom stereocenters. The molecule has 0 spiro atoms. The van der Waals surface area contributed by atoms with Crippen LogP contribution in [0.15, 0.2) is 10.5 Å². The first kappa shape index (κ1) is 25.5. The van der Waals surface area contributed by atoms with Crippen LogP contribution in [0.4, 0.5) is 0 Å². The minimum absolute atomic E-state index is 0.0588. The van der Waals surface area contributed by atoms with Crippen molar-refractivity contribution in [3.63, 3.8) is 0 Å². The topological polar surface area (TPSA) is 112 Å². The third kappa shape index (κ3) is 6.26. The molecule has 0 bridgehead atoms. The maximum Gasteiger partial charge on any atom is 0.269 e. The molecule has 33 heavy (non-hydrogen) atoms. The Labute approximate surface area is 199 Å². The van der Waals surface area contributed by atoms with Gasteiger partial charge in [-0.3, -0.25) is 14.4 Å². The van der Waals surface area contributed by atoms with Gasteiger partial charge in [-0.2, -0.15) is 0 Å². The third-order valence-electron chi connectivity index (χ3n) is 6.59. The number of aryl methyl sites for hydroxylation is 1. The highest BCUT2D eigenvalue weighted by atomic mass is 32.1. The molecule has 0 aromatic carbocycles. The lowest BCUT2D eigenvalue weighted by Gasteiger charge is -2.30. The smallest absolute Gasteiger partial charge is 0.269 e. The maximum atomic E-state index is 13.2. The number of aliphatic imine (C=N–C) groups is 1. The monoisotopic (exact) mass is 476 g/mol. The molecule has 182 valence electrons. The summed E-state index contributed by atoms with van der Waals surface area (Å²) in [5.74, 6) is -0.221. The van der Waals surface area contributed by atoms with E-state index in [9.17, 15) is 19.5 Å². The lowest BCUT2D eigenvalue weighted by atomic mass is 9.81. The summed E-state index contributed by atoms with van der Waals surface area (Å²) in [7, 11) is 0. The van der Waals surface area contributed by atoms with Gasteiger partial charge in [0.2, 0.25) is 11.8 Å². The number of carbonyl (C=O) groups excluding carboxylic acids is 3. The molecule has 1 saturated heterocycles. The summed E-state index contributed by atoms with van der Waals surface area (Å²) < 4.78 is 0. The van der Waals surface area contributed by atoms with Crippen LogP contribution >= 0.6 is 11.3 Å². The lowest BCUT2D eigenvalue weighted by Crippen LogP contribution is -2.51. The molecule has 1 saturated carbocycles. The molecule has 0 radical (unpaired) electrons. The van der Waals surface area contributed by atoms with Gasteiger partial charge in [-0.15, -0.1) is 11.3 Å². The Hall–Kier alpha value is -2.13. The number of aliphatic hydroxyl groups excluding tert-OH is 1. The second-order valence-corrected chi connectivity index (χ2v) is 11.2. The Morgan fingerprint density at radius 2 is 1.91 bits per heavy atom. The largest absolute Gasteiger partial charge is 0.391 e. The van der Waals surface area contributed by atoms with Gasteiger partial charge in [-0.25, -0.2) is 9.98 Å². The van der Waals surface area contributed by atoms with Crippen molar-refractivity contribution in [1.82, 2.24) is 15.2 Å². The van der Waals surface area contributed by atoms with E-state index < -0.39 is 29.4 Å². The van der Waals surface area contributed by atoms with E-state index in [4.69, 9.17) is 0 Å². The zero-order valence-electron chi connectivity index (χ0n) is 20.3. The Morgan fingerprint density at radius 3 is 2.45 bits per heavy atom. The molecule has 3 amide bonds. The van der Waals surface area contributed by atoms with Crippen molar-refractivity contribution in [2.24, 2.45) is 16.3 Å². The Morgan fingerprint density at radius 1 is 1.24 bits per heavy atom. The van der Waals surface area contributed by atoms with Gasteiger partial charge in [0.15, 0.2) is 0 Å². The van der Waals surface area contributed by atoms with Crippen LogP contribution in [-0.2, 0) is 14.4 Å². The molecule has 1 aliphatic heterocycles. The molecule has 8 nitrogen and oxygen atoms in total. The first-order valence-electron chi connectivity index (χ1n) is 11.7. The summed E-state index contributed by atoms with van der Waals surface area (Å²) in [4.78, 5) is 48.9. The molecule has 9 heteroatoms. The van der Waals surface area contributed by atoms with Crippen LogP contribution in [0.25, 0.3) is 0 Å². The normalized spacial score (nSPS) is 26.4. The van der Waals surface area contributed by atoms with Crippen LogP contribution in [-0.4, -0.2) is 63.7 Å². The summed E-state index contributed by atoms with van der Waals surface area (Å²) in [6.07, 6.45) is 3.67. The number of hydrogen-bond donors (Lipinski definition) is 2. The first-order valence-corrected chi connectivity index (χ1v) is 12.6. The van der Waals surface area contributed by atoms with Crippen LogP contribution < -0.4 is 5.32 Å². The van der Waals surface area contributed by atoms with Crippen LogP contribution in [0.2, 0.25) is 0 Å². The Kier molecular flexibility index (Phi) is 8.05. The van der Waals surface area contributed by atoms with Crippen molar-refractivity contribution in [2.45, 2.75) is 84.8 Å². The van der Waals surface area contributed by atoms with Crippen LogP contribution in [0, 0.1) is 18.3 Å². The van der Waals surface area contributed by atoms with Crippen LogP contribution in [0.5, 0.6) is 0 Å². The molecular weight excluding hydrogens is 440 g/mol. The molecule has 0 unspecified atom stereocenters. The maximum absolute atomic E-state index is 13.2. The minimum atomic E-state index is -0.777. The zero-order chi connectivity index (χ0) is 24.3. The second-order valence-electron chi connectivity index (χ2n) is 10.4. The minimum Gasteiger partial charge on any atom is -0.391 e. The number of aliphatic hydroxyl groups is 1. The molecule has 2 heterocycles. The van der Waals surface area contributed by atoms with E-state index in [-0.39, 0.29) is 24.6 Å². The van der Waals surface area contributed by atoms with E-state index in [1.165, 1.54) is 16.7 Å². The van der Waals surface area contributed by atoms with E-state index in [2.05, 4.69) is 22.2 Å². The number of β-amino-alcohol motifs (C(OH)–C–C–N with tert-alkyl or cyclic N) is 1. The Balaban J connectivity index is 1.59. The molecule has 2 N–H and O–H groups in total. The van der Waals surface area contributed by atoms with Crippen molar-refractivity contribution < 1.29 is 19.5 Å². The number of rotatable bonds is 5. The van der Waals surface area contributed by atoms with Gasteiger partial charge in [-0.05, 0) is 44.4 Å². The van der Waals surface area contributed by atoms with Crippen molar-refractivity contribution in [1.29, 1.82) is 0 Å².